The summed E-state index contributed by atoms with van der Waals surface area (Å²) < 4.78 is 25.7. The molecule has 2 rings (SSSR count). The van der Waals surface area contributed by atoms with Gasteiger partial charge in [0, 0.05) is 10.9 Å². The molecule has 15 heavy (non-hydrogen) atoms. The molecule has 0 spiro atoms. The van der Waals surface area contributed by atoms with Crippen molar-refractivity contribution in [3.63, 3.8) is 0 Å². The van der Waals surface area contributed by atoms with Crippen LogP contribution in [0, 0.1) is 0 Å². The summed E-state index contributed by atoms with van der Waals surface area (Å²) in [6.45, 7) is 0. The molecule has 0 aliphatic carbocycles. The van der Waals surface area contributed by atoms with Crippen molar-refractivity contribution in [3.05, 3.63) is 35.7 Å². The third-order valence-electron chi connectivity index (χ3n) is 1.76. The number of nitrogens with zero attached hydrogens (tertiary/aromatic N) is 1. The summed E-state index contributed by atoms with van der Waals surface area (Å²) in [4.78, 5) is 0.265. The fourth-order valence-electron chi connectivity index (χ4n) is 1.14. The molecule has 1 atom stereocenters. The Kier molecular flexibility index (Phi) is 5.11. The van der Waals surface area contributed by atoms with E-state index in [9.17, 15) is 8.76 Å². The van der Waals surface area contributed by atoms with Crippen LogP contribution in [0.1, 0.15) is 0 Å². The van der Waals surface area contributed by atoms with E-state index in [0.717, 1.165) is 17.1 Å². The molecule has 0 aliphatic rings. The molecule has 0 fully saturated rings. The topological polar surface area (TPSA) is 53.0 Å². The molecule has 1 heterocycles. The Morgan fingerprint density at radius 1 is 1.27 bits per heavy atom. The van der Waals surface area contributed by atoms with Gasteiger partial charge in [-0.05, 0) is 22.6 Å². The summed E-state index contributed by atoms with van der Waals surface area (Å²) in [7, 11) is 0. The first-order chi connectivity index (χ1) is 6.79. The van der Waals surface area contributed by atoms with E-state index in [4.69, 9.17) is 0 Å². The maximum atomic E-state index is 10.8. The second-order valence-corrected chi connectivity index (χ2v) is 4.17. The molecule has 1 aromatic carbocycles. The monoisotopic (exact) mass is 247 g/mol. The van der Waals surface area contributed by atoms with Gasteiger partial charge in [-0.15, -0.1) is 0 Å². The van der Waals surface area contributed by atoms with E-state index in [0.29, 0.717) is 5.69 Å². The summed E-state index contributed by atoms with van der Waals surface area (Å²) in [6.07, 6.45) is 0. The largest absolute Gasteiger partial charge is 1.00 e. The van der Waals surface area contributed by atoms with Crippen molar-refractivity contribution in [2.45, 2.75) is 4.90 Å². The maximum Gasteiger partial charge on any atom is 1.00 e. The molecule has 0 saturated carbocycles. The van der Waals surface area contributed by atoms with Gasteiger partial charge in [-0.2, -0.15) is 4.37 Å². The molecule has 0 bridgehead atoms. The molecule has 3 nitrogen and oxygen atoms in total. The molecular weight excluding hydrogens is 241 g/mol. The third kappa shape index (κ3) is 2.96. The number of hydrogen-bond donors (Lipinski definition) is 0. The van der Waals surface area contributed by atoms with Crippen LogP contribution in [-0.4, -0.2) is 13.1 Å². The summed E-state index contributed by atoms with van der Waals surface area (Å²) in [5.41, 5.74) is 1.36. The van der Waals surface area contributed by atoms with E-state index in [2.05, 4.69) is 4.37 Å². The first kappa shape index (κ1) is 13.0. The maximum absolute atomic E-state index is 10.8. The predicted molar refractivity (Wildman–Crippen MR) is 54.7 cm³/mol. The second-order valence-electron chi connectivity index (χ2n) is 2.63. The number of aromatic nitrogens is 1. The van der Waals surface area contributed by atoms with Crippen LogP contribution in [0.4, 0.5) is 0 Å². The summed E-state index contributed by atoms with van der Waals surface area (Å²) in [5.74, 6) is 0. The van der Waals surface area contributed by atoms with Crippen molar-refractivity contribution >= 4 is 22.6 Å². The minimum absolute atomic E-state index is 0. The van der Waals surface area contributed by atoms with Gasteiger partial charge in [0.2, 0.25) is 0 Å². The van der Waals surface area contributed by atoms with Gasteiger partial charge in [0.05, 0.1) is 10.6 Å². The van der Waals surface area contributed by atoms with E-state index in [-0.39, 0.29) is 34.5 Å². The molecule has 0 N–H and O–H groups in total. The SMILES string of the molecule is O=S([O-])c1csnc1-c1ccccc1.[Na+]. The number of benzene rings is 1. The fraction of sp³-hybridized carbons (Fsp3) is 0. The Morgan fingerprint density at radius 3 is 2.53 bits per heavy atom. The van der Waals surface area contributed by atoms with Crippen molar-refractivity contribution in [3.8, 4) is 11.3 Å². The molecule has 1 unspecified atom stereocenters. The van der Waals surface area contributed by atoms with E-state index in [1.54, 1.807) is 0 Å². The van der Waals surface area contributed by atoms with Crippen LogP contribution >= 0.6 is 11.5 Å². The van der Waals surface area contributed by atoms with Gasteiger partial charge >= 0.3 is 29.6 Å². The minimum Gasteiger partial charge on any atom is -0.768 e. The van der Waals surface area contributed by atoms with Crippen LogP contribution in [0.3, 0.4) is 0 Å². The fourth-order valence-corrected chi connectivity index (χ4v) is 2.53. The molecule has 1 aromatic heterocycles. The van der Waals surface area contributed by atoms with Crippen molar-refractivity contribution in [2.24, 2.45) is 0 Å². The van der Waals surface area contributed by atoms with E-state index >= 15 is 0 Å². The molecule has 0 saturated heterocycles. The first-order valence-electron chi connectivity index (χ1n) is 3.88. The third-order valence-corrected chi connectivity index (χ3v) is 3.21. The van der Waals surface area contributed by atoms with Gasteiger partial charge in [-0.25, -0.2) is 0 Å². The zero-order valence-electron chi connectivity index (χ0n) is 8.04. The molecule has 0 amide bonds. The minimum atomic E-state index is -2.21. The Morgan fingerprint density at radius 2 is 1.93 bits per heavy atom. The van der Waals surface area contributed by atoms with E-state index in [1.165, 1.54) is 5.38 Å². The average molecular weight is 247 g/mol. The standard InChI is InChI=1S/C9H7NO2S2.Na/c11-14(12)8-6-13-10-9(8)7-4-2-1-3-5-7;/h1-6H,(H,11,12);/q;+1/p-1. The van der Waals surface area contributed by atoms with Crippen LogP contribution in [0.25, 0.3) is 11.3 Å². The van der Waals surface area contributed by atoms with Crippen molar-refractivity contribution in [1.82, 2.24) is 4.37 Å². The Balaban J connectivity index is 0.00000112. The molecular formula is C9H6NNaO2S2. The quantitative estimate of drug-likeness (QED) is 0.508. The average Bonchev–Trinajstić information content (AvgIpc) is 2.67. The molecule has 6 heteroatoms. The van der Waals surface area contributed by atoms with E-state index < -0.39 is 11.1 Å². The molecule has 72 valence electrons. The Labute approximate surface area is 116 Å². The number of hydrogen-bond acceptors (Lipinski definition) is 4. The summed E-state index contributed by atoms with van der Waals surface area (Å²) in [5, 5.41) is 1.53. The van der Waals surface area contributed by atoms with Gasteiger partial charge in [0.25, 0.3) is 0 Å². The van der Waals surface area contributed by atoms with Gasteiger partial charge in [0.15, 0.2) is 0 Å². The summed E-state index contributed by atoms with van der Waals surface area (Å²) >= 11 is -1.07. The zero-order chi connectivity index (χ0) is 9.97. The second kappa shape index (κ2) is 5.89. The van der Waals surface area contributed by atoms with Gasteiger partial charge in [0.1, 0.15) is 0 Å². The van der Waals surface area contributed by atoms with Crippen LogP contribution in [0.15, 0.2) is 40.6 Å². The smallest absolute Gasteiger partial charge is 0.768 e. The Bertz CT molecular complexity index is 458. The van der Waals surface area contributed by atoms with Crippen molar-refractivity contribution < 1.29 is 38.3 Å². The van der Waals surface area contributed by atoms with Gasteiger partial charge in [-0.1, -0.05) is 30.3 Å². The van der Waals surface area contributed by atoms with E-state index in [1.807, 2.05) is 30.3 Å². The van der Waals surface area contributed by atoms with Gasteiger partial charge in [-0.3, -0.25) is 4.21 Å². The summed E-state index contributed by atoms with van der Waals surface area (Å²) in [6, 6.07) is 9.26. The molecule has 0 aliphatic heterocycles. The van der Waals surface area contributed by atoms with Crippen molar-refractivity contribution in [2.75, 3.05) is 0 Å². The van der Waals surface area contributed by atoms with Crippen LogP contribution < -0.4 is 29.6 Å². The zero-order valence-corrected chi connectivity index (χ0v) is 11.7. The Hall–Kier alpha value is -0.0400. The number of rotatable bonds is 2. The van der Waals surface area contributed by atoms with Crippen LogP contribution in [0.2, 0.25) is 0 Å². The normalized spacial score (nSPS) is 11.8. The van der Waals surface area contributed by atoms with Gasteiger partial charge < -0.3 is 4.55 Å². The van der Waals surface area contributed by atoms with Crippen LogP contribution in [0.5, 0.6) is 0 Å². The molecule has 0 radical (unpaired) electrons. The molecule has 2 aromatic rings. The van der Waals surface area contributed by atoms with Crippen molar-refractivity contribution in [1.29, 1.82) is 0 Å². The first-order valence-corrected chi connectivity index (χ1v) is 5.79. The van der Waals surface area contributed by atoms with Crippen LogP contribution in [-0.2, 0) is 11.1 Å². The predicted octanol–water partition coefficient (Wildman–Crippen LogP) is -0.948.